The first kappa shape index (κ1) is 22.6. The topological polar surface area (TPSA) is 67.3 Å². The monoisotopic (exact) mass is 411 g/mol. The van der Waals surface area contributed by atoms with Crippen molar-refractivity contribution in [1.29, 1.82) is 0 Å². The molecular weight excluding hydrogens is 386 g/mol. The van der Waals surface area contributed by atoms with Crippen LogP contribution in [0, 0.1) is 0 Å². The van der Waals surface area contributed by atoms with Crippen molar-refractivity contribution in [2.45, 2.75) is 32.1 Å². The Morgan fingerprint density at radius 3 is 2.12 bits per heavy atom. The first-order valence-electron chi connectivity index (χ1n) is 8.33. The maximum absolute atomic E-state index is 9.56. The summed E-state index contributed by atoms with van der Waals surface area (Å²) in [5, 5.41) is 4.64. The van der Waals surface area contributed by atoms with Gasteiger partial charge in [-0.25, -0.2) is 0 Å². The second-order valence-electron chi connectivity index (χ2n) is 5.14. The van der Waals surface area contributed by atoms with E-state index in [2.05, 4.69) is 55.2 Å². The van der Waals surface area contributed by atoms with Crippen molar-refractivity contribution in [2.75, 3.05) is 11.5 Å². The highest BCUT2D eigenvalue weighted by Gasteiger charge is 2.02. The Kier molecular flexibility index (Phi) is 10.5. The Hall–Kier alpha value is -1.41. The highest BCUT2D eigenvalue weighted by Crippen LogP contribution is 2.28. The van der Waals surface area contributed by atoms with Gasteiger partial charge < -0.3 is 0 Å². The molecule has 142 valence electrons. The molecule has 0 radical (unpaired) electrons. The molecule has 3 aromatic rings. The molecule has 4 nitrogen and oxygen atoms in total. The van der Waals surface area contributed by atoms with Gasteiger partial charge in [0.1, 0.15) is 0 Å². The van der Waals surface area contributed by atoms with Crippen LogP contribution in [0.25, 0.3) is 10.8 Å². The second-order valence-corrected chi connectivity index (χ2v) is 8.94. The van der Waals surface area contributed by atoms with E-state index in [1.165, 1.54) is 28.2 Å². The molecule has 2 aromatic carbocycles. The molecule has 1 heterocycles. The van der Waals surface area contributed by atoms with Crippen molar-refractivity contribution >= 4 is 44.0 Å². The first-order valence-corrected chi connectivity index (χ1v) is 11.9. The molecule has 7 heteroatoms. The van der Waals surface area contributed by atoms with Gasteiger partial charge in [0.25, 0.3) is 10.1 Å². The van der Waals surface area contributed by atoms with E-state index >= 15 is 0 Å². The van der Waals surface area contributed by atoms with Gasteiger partial charge in [-0.05, 0) is 41.5 Å². The van der Waals surface area contributed by atoms with Gasteiger partial charge in [0.15, 0.2) is 0 Å². The quantitative estimate of drug-likeness (QED) is 0.450. The fourth-order valence-electron chi connectivity index (χ4n) is 2.01. The van der Waals surface area contributed by atoms with E-state index in [9.17, 15) is 8.42 Å². The summed E-state index contributed by atoms with van der Waals surface area (Å²) in [7, 11) is -3.66. The van der Waals surface area contributed by atoms with Crippen LogP contribution in [0.3, 0.4) is 0 Å². The summed E-state index contributed by atoms with van der Waals surface area (Å²) in [6.45, 7) is 5.80. The van der Waals surface area contributed by atoms with Gasteiger partial charge in [0, 0.05) is 16.5 Å². The first-order chi connectivity index (χ1) is 12.4. The fourth-order valence-corrected chi connectivity index (χ4v) is 3.27. The average molecular weight is 412 g/mol. The van der Waals surface area contributed by atoms with E-state index in [4.69, 9.17) is 4.55 Å². The minimum absolute atomic E-state index is 0.201. The maximum Gasteiger partial charge on any atom is 0.264 e. The van der Waals surface area contributed by atoms with Crippen molar-refractivity contribution in [3.8, 4) is 0 Å². The summed E-state index contributed by atoms with van der Waals surface area (Å²) >= 11 is 3.54. The third kappa shape index (κ3) is 8.80. The van der Waals surface area contributed by atoms with E-state index < -0.39 is 10.1 Å². The maximum atomic E-state index is 9.56. The number of rotatable bonds is 4. The lowest BCUT2D eigenvalue weighted by Crippen LogP contribution is -1.97. The summed E-state index contributed by atoms with van der Waals surface area (Å²) in [6.07, 6.45) is 2.89. The van der Waals surface area contributed by atoms with E-state index in [1.54, 1.807) is 23.0 Å². The number of aromatic nitrogens is 1. The minimum atomic E-state index is -3.66. The number of hydrogen-bond donors (Lipinski definition) is 1. The zero-order chi connectivity index (χ0) is 19.4. The van der Waals surface area contributed by atoms with Crippen molar-refractivity contribution in [3.63, 3.8) is 0 Å². The Balaban J connectivity index is 0.000000253. The molecule has 0 spiro atoms. The summed E-state index contributed by atoms with van der Waals surface area (Å²) < 4.78 is 26.9. The molecule has 0 aliphatic rings. The van der Waals surface area contributed by atoms with Crippen molar-refractivity contribution in [2.24, 2.45) is 0 Å². The lowest BCUT2D eigenvalue weighted by molar-refractivity contribution is 0.484. The van der Waals surface area contributed by atoms with E-state index in [-0.39, 0.29) is 5.75 Å². The van der Waals surface area contributed by atoms with E-state index in [0.717, 1.165) is 12.2 Å². The zero-order valence-corrected chi connectivity index (χ0v) is 17.7. The average Bonchev–Trinajstić information content (AvgIpc) is 3.21. The molecule has 0 unspecified atom stereocenters. The molecule has 26 heavy (non-hydrogen) atoms. The lowest BCUT2D eigenvalue weighted by Gasteiger charge is -2.08. The molecule has 1 N–H and O–H groups in total. The standard InChI is InChI=1S/C14H16S.C3H3NS.C2H6O3S/c1-3-11-9-12-7-5-6-8-13(12)10-14(11)15-4-2;1-2-5-3-4-1;1-2-6(3,4)5/h5-10H,3-4H2,1-2H3;1-3H;2H2,1H3,(H,3,4,5). The van der Waals surface area contributed by atoms with Gasteiger partial charge in [-0.1, -0.05) is 44.2 Å². The highest BCUT2D eigenvalue weighted by atomic mass is 32.2. The van der Waals surface area contributed by atoms with Gasteiger partial charge in [-0.15, -0.1) is 23.1 Å². The van der Waals surface area contributed by atoms with Crippen LogP contribution < -0.4 is 0 Å². The van der Waals surface area contributed by atoms with Crippen LogP contribution in [0.2, 0.25) is 0 Å². The smallest absolute Gasteiger partial charge is 0.264 e. The van der Waals surface area contributed by atoms with Crippen LogP contribution in [0.15, 0.2) is 58.4 Å². The molecule has 3 rings (SSSR count). The number of thiazole rings is 1. The molecule has 0 aliphatic carbocycles. The predicted octanol–water partition coefficient (Wildman–Crippen LogP) is 5.55. The third-order valence-electron chi connectivity index (χ3n) is 3.32. The van der Waals surface area contributed by atoms with Crippen LogP contribution in [-0.2, 0) is 16.5 Å². The van der Waals surface area contributed by atoms with Crippen LogP contribution >= 0.6 is 23.1 Å². The normalized spacial score (nSPS) is 10.5. The number of nitrogens with zero attached hydrogens (tertiary/aromatic N) is 1. The fraction of sp³-hybridized carbons (Fsp3) is 0.316. The molecule has 0 fully saturated rings. The van der Waals surface area contributed by atoms with Gasteiger partial charge >= 0.3 is 0 Å². The Morgan fingerprint density at radius 2 is 1.73 bits per heavy atom. The van der Waals surface area contributed by atoms with Crippen molar-refractivity contribution < 1.29 is 13.0 Å². The van der Waals surface area contributed by atoms with Gasteiger partial charge in [-0.2, -0.15) is 8.42 Å². The minimum Gasteiger partial charge on any atom is -0.286 e. The largest absolute Gasteiger partial charge is 0.286 e. The number of fused-ring (bicyclic) bond motifs is 1. The molecule has 0 aliphatic heterocycles. The highest BCUT2D eigenvalue weighted by molar-refractivity contribution is 7.99. The van der Waals surface area contributed by atoms with Gasteiger partial charge in [0.05, 0.1) is 11.3 Å². The summed E-state index contributed by atoms with van der Waals surface area (Å²) in [5.74, 6) is 0.943. The van der Waals surface area contributed by atoms with Crippen LogP contribution in [0.1, 0.15) is 26.3 Å². The number of benzene rings is 2. The number of aryl methyl sites for hydroxylation is 1. The Labute approximate surface area is 164 Å². The SMILES string of the molecule is CCS(=O)(=O)O.CCSc1cc2ccccc2cc1CC.c1cscn1. The zero-order valence-electron chi connectivity index (χ0n) is 15.3. The predicted molar refractivity (Wildman–Crippen MR) is 114 cm³/mol. The molecule has 1 aromatic heterocycles. The summed E-state index contributed by atoms with van der Waals surface area (Å²) in [5.41, 5.74) is 3.26. The number of hydrogen-bond acceptors (Lipinski definition) is 5. The van der Waals surface area contributed by atoms with E-state index in [1.807, 2.05) is 17.1 Å². The summed E-state index contributed by atoms with van der Waals surface area (Å²) in [4.78, 5) is 5.18. The third-order valence-corrected chi connectivity index (χ3v) is 5.55. The van der Waals surface area contributed by atoms with Crippen LogP contribution in [-0.4, -0.2) is 29.5 Å². The Morgan fingerprint density at radius 1 is 1.12 bits per heavy atom. The number of thioether (sulfide) groups is 1. The van der Waals surface area contributed by atoms with Gasteiger partial charge in [0.2, 0.25) is 0 Å². The lowest BCUT2D eigenvalue weighted by atomic mass is 10.1. The Bertz CT molecular complexity index is 846. The van der Waals surface area contributed by atoms with Crippen LogP contribution in [0.4, 0.5) is 0 Å². The molecule has 0 saturated carbocycles. The second kappa shape index (κ2) is 12.1. The molecule has 0 bridgehead atoms. The summed E-state index contributed by atoms with van der Waals surface area (Å²) in [6, 6.07) is 13.2. The molecular formula is C19H25NO3S3. The van der Waals surface area contributed by atoms with Crippen LogP contribution in [0.5, 0.6) is 0 Å². The van der Waals surface area contributed by atoms with Gasteiger partial charge in [-0.3, -0.25) is 9.54 Å². The molecule has 0 amide bonds. The van der Waals surface area contributed by atoms with Crippen molar-refractivity contribution in [1.82, 2.24) is 4.98 Å². The van der Waals surface area contributed by atoms with Crippen molar-refractivity contribution in [3.05, 3.63) is 59.0 Å². The molecule has 0 atom stereocenters. The molecule has 0 saturated heterocycles. The van der Waals surface area contributed by atoms with E-state index in [0.29, 0.717) is 0 Å².